The number of nitrogens with one attached hydrogen (secondary N) is 1. The molecule has 0 saturated carbocycles. The highest BCUT2D eigenvalue weighted by atomic mass is 79.9. The third-order valence-electron chi connectivity index (χ3n) is 2.95. The molecule has 0 fully saturated rings. The largest absolute Gasteiger partial charge is 0.309 e. The Morgan fingerprint density at radius 2 is 2.16 bits per heavy atom. The van der Waals surface area contributed by atoms with Crippen LogP contribution in [-0.2, 0) is 6.42 Å². The molecule has 4 heteroatoms. The minimum absolute atomic E-state index is 0.124. The fourth-order valence-corrected chi connectivity index (χ4v) is 3.51. The molecule has 0 aliphatic rings. The van der Waals surface area contributed by atoms with Crippen molar-refractivity contribution in [3.63, 3.8) is 0 Å². The van der Waals surface area contributed by atoms with Gasteiger partial charge in [-0.2, -0.15) is 0 Å². The van der Waals surface area contributed by atoms with Crippen LogP contribution in [0.5, 0.6) is 0 Å². The van der Waals surface area contributed by atoms with E-state index in [-0.39, 0.29) is 11.9 Å². The number of rotatable bonds is 6. The van der Waals surface area contributed by atoms with Crippen molar-refractivity contribution in [1.29, 1.82) is 0 Å². The van der Waals surface area contributed by atoms with Crippen LogP contribution in [0.3, 0.4) is 0 Å². The van der Waals surface area contributed by atoms with Crippen LogP contribution >= 0.6 is 27.3 Å². The van der Waals surface area contributed by atoms with E-state index in [2.05, 4.69) is 39.6 Å². The van der Waals surface area contributed by atoms with E-state index in [1.165, 1.54) is 10.9 Å². The molecule has 0 radical (unpaired) electrons. The first kappa shape index (κ1) is 14.7. The van der Waals surface area contributed by atoms with Crippen molar-refractivity contribution >= 4 is 27.3 Å². The van der Waals surface area contributed by atoms with E-state index in [4.69, 9.17) is 0 Å². The highest BCUT2D eigenvalue weighted by Gasteiger charge is 2.15. The molecule has 0 amide bonds. The summed E-state index contributed by atoms with van der Waals surface area (Å²) < 4.78 is 14.8. The molecule has 0 aliphatic carbocycles. The van der Waals surface area contributed by atoms with Crippen molar-refractivity contribution in [3.05, 3.63) is 56.4 Å². The Morgan fingerprint density at radius 3 is 2.79 bits per heavy atom. The van der Waals surface area contributed by atoms with Gasteiger partial charge in [0.2, 0.25) is 0 Å². The van der Waals surface area contributed by atoms with Gasteiger partial charge in [-0.1, -0.05) is 25.1 Å². The number of thiophene rings is 1. The first-order valence-corrected chi connectivity index (χ1v) is 8.08. The zero-order valence-corrected chi connectivity index (χ0v) is 13.2. The molecule has 1 aromatic carbocycles. The van der Waals surface area contributed by atoms with Gasteiger partial charge in [0.15, 0.2) is 0 Å². The fourth-order valence-electron chi connectivity index (χ4n) is 1.99. The molecule has 0 bridgehead atoms. The molecule has 0 spiro atoms. The summed E-state index contributed by atoms with van der Waals surface area (Å²) in [6.45, 7) is 3.08. The van der Waals surface area contributed by atoms with Crippen LogP contribution in [0.4, 0.5) is 4.39 Å². The number of hydrogen-bond acceptors (Lipinski definition) is 2. The van der Waals surface area contributed by atoms with Gasteiger partial charge in [-0.05, 0) is 53.0 Å². The molecular weight excluding hydrogens is 325 g/mol. The Kier molecular flexibility index (Phi) is 5.55. The monoisotopic (exact) mass is 341 g/mol. The summed E-state index contributed by atoms with van der Waals surface area (Å²) in [5, 5.41) is 5.56. The van der Waals surface area contributed by atoms with E-state index in [9.17, 15) is 4.39 Å². The molecule has 1 aromatic heterocycles. The second-order valence-electron chi connectivity index (χ2n) is 4.47. The minimum Gasteiger partial charge on any atom is -0.309 e. The molecule has 1 heterocycles. The maximum absolute atomic E-state index is 13.8. The number of hydrogen-bond donors (Lipinski definition) is 1. The second-order valence-corrected chi connectivity index (χ2v) is 6.33. The number of benzene rings is 1. The third-order valence-corrected chi connectivity index (χ3v) is 4.76. The van der Waals surface area contributed by atoms with Gasteiger partial charge < -0.3 is 5.32 Å². The van der Waals surface area contributed by atoms with E-state index >= 15 is 0 Å². The zero-order chi connectivity index (χ0) is 13.7. The topological polar surface area (TPSA) is 12.0 Å². The average Bonchev–Trinajstić information content (AvgIpc) is 2.83. The third kappa shape index (κ3) is 4.13. The molecule has 1 unspecified atom stereocenters. The SMILES string of the molecule is CCCNC(Cc1ccccc1F)c1cc(Br)cs1. The summed E-state index contributed by atoms with van der Waals surface area (Å²) in [6, 6.07) is 9.29. The van der Waals surface area contributed by atoms with Crippen molar-refractivity contribution in [2.45, 2.75) is 25.8 Å². The van der Waals surface area contributed by atoms with E-state index in [0.717, 1.165) is 23.0 Å². The predicted octanol–water partition coefficient (Wildman–Crippen LogP) is 4.93. The van der Waals surface area contributed by atoms with Crippen LogP contribution in [0.15, 0.2) is 40.2 Å². The first-order valence-electron chi connectivity index (χ1n) is 6.41. The van der Waals surface area contributed by atoms with Gasteiger partial charge in [-0.15, -0.1) is 11.3 Å². The fraction of sp³-hybridized carbons (Fsp3) is 0.333. The summed E-state index contributed by atoms with van der Waals surface area (Å²) in [5.74, 6) is -0.124. The van der Waals surface area contributed by atoms with Crippen LogP contribution in [0.25, 0.3) is 0 Å². The van der Waals surface area contributed by atoms with E-state index in [1.54, 1.807) is 17.4 Å². The second kappa shape index (κ2) is 7.17. The summed E-state index contributed by atoms with van der Waals surface area (Å²) in [7, 11) is 0. The summed E-state index contributed by atoms with van der Waals surface area (Å²) in [6.07, 6.45) is 1.75. The van der Waals surface area contributed by atoms with Gasteiger partial charge >= 0.3 is 0 Å². The van der Waals surface area contributed by atoms with E-state index in [0.29, 0.717) is 6.42 Å². The van der Waals surface area contributed by atoms with Crippen molar-refractivity contribution < 1.29 is 4.39 Å². The lowest BCUT2D eigenvalue weighted by molar-refractivity contribution is 0.519. The van der Waals surface area contributed by atoms with Crippen LogP contribution in [0.1, 0.15) is 29.8 Å². The summed E-state index contributed by atoms with van der Waals surface area (Å²) >= 11 is 5.18. The Balaban J connectivity index is 2.16. The summed E-state index contributed by atoms with van der Waals surface area (Å²) in [4.78, 5) is 1.24. The highest BCUT2D eigenvalue weighted by molar-refractivity contribution is 9.10. The normalized spacial score (nSPS) is 12.6. The van der Waals surface area contributed by atoms with Gasteiger partial charge in [-0.25, -0.2) is 4.39 Å². The van der Waals surface area contributed by atoms with Crippen LogP contribution < -0.4 is 5.32 Å². The minimum atomic E-state index is -0.124. The van der Waals surface area contributed by atoms with Crippen molar-refractivity contribution in [2.75, 3.05) is 6.54 Å². The standard InChI is InChI=1S/C15H17BrFNS/c1-2-7-18-14(15-9-12(16)10-19-15)8-11-5-3-4-6-13(11)17/h3-6,9-10,14,18H,2,7-8H2,1H3. The quantitative estimate of drug-likeness (QED) is 0.785. The maximum Gasteiger partial charge on any atom is 0.126 e. The molecule has 0 saturated heterocycles. The van der Waals surface area contributed by atoms with Crippen molar-refractivity contribution in [1.82, 2.24) is 5.32 Å². The highest BCUT2D eigenvalue weighted by Crippen LogP contribution is 2.28. The molecule has 2 aromatic rings. The maximum atomic E-state index is 13.8. The molecule has 1 N–H and O–H groups in total. The average molecular weight is 342 g/mol. The number of halogens is 2. The molecule has 1 nitrogen and oxygen atoms in total. The Hall–Kier alpha value is -0.710. The zero-order valence-electron chi connectivity index (χ0n) is 10.8. The van der Waals surface area contributed by atoms with Gasteiger partial charge in [0.1, 0.15) is 5.82 Å². The predicted molar refractivity (Wildman–Crippen MR) is 83.2 cm³/mol. The lowest BCUT2D eigenvalue weighted by Gasteiger charge is -2.17. The molecule has 19 heavy (non-hydrogen) atoms. The Labute approximate surface area is 126 Å². The van der Waals surface area contributed by atoms with Crippen molar-refractivity contribution in [2.24, 2.45) is 0 Å². The Bertz CT molecular complexity index is 526. The first-order chi connectivity index (χ1) is 9.20. The van der Waals surface area contributed by atoms with Crippen LogP contribution in [-0.4, -0.2) is 6.54 Å². The van der Waals surface area contributed by atoms with Gasteiger partial charge in [0.05, 0.1) is 0 Å². The van der Waals surface area contributed by atoms with Crippen molar-refractivity contribution in [3.8, 4) is 0 Å². The van der Waals surface area contributed by atoms with Gasteiger partial charge in [-0.3, -0.25) is 0 Å². The molecular formula is C15H17BrFNS. The van der Waals surface area contributed by atoms with Gasteiger partial charge in [0.25, 0.3) is 0 Å². The molecule has 0 aliphatic heterocycles. The summed E-state index contributed by atoms with van der Waals surface area (Å²) in [5.41, 5.74) is 0.764. The van der Waals surface area contributed by atoms with Gasteiger partial charge in [0, 0.05) is 20.8 Å². The van der Waals surface area contributed by atoms with E-state index in [1.807, 2.05) is 12.1 Å². The van der Waals surface area contributed by atoms with Crippen LogP contribution in [0, 0.1) is 5.82 Å². The molecule has 2 rings (SSSR count). The Morgan fingerprint density at radius 1 is 1.37 bits per heavy atom. The van der Waals surface area contributed by atoms with E-state index < -0.39 is 0 Å². The molecule has 1 atom stereocenters. The lowest BCUT2D eigenvalue weighted by atomic mass is 10.0. The lowest BCUT2D eigenvalue weighted by Crippen LogP contribution is -2.23. The van der Waals surface area contributed by atoms with Crippen LogP contribution in [0.2, 0.25) is 0 Å². The molecule has 102 valence electrons. The smallest absolute Gasteiger partial charge is 0.126 e.